The quantitative estimate of drug-likeness (QED) is 0.849. The van der Waals surface area contributed by atoms with Crippen LogP contribution in [0.25, 0.3) is 0 Å². The normalized spacial score (nSPS) is 15.9. The standard InChI is InChI=1S/C19H22N2O3/c1-3-12-24-17-14(9-7-11-16(17)23-4-2)18-20-15-10-6-5-8-13(15)19(22)21-18/h5-11,18,20H,3-4,12H2,1-2H3,(H,21,22). The third-order valence-corrected chi connectivity index (χ3v) is 3.82. The molecule has 0 spiro atoms. The summed E-state index contributed by atoms with van der Waals surface area (Å²) in [6, 6.07) is 13.2. The summed E-state index contributed by atoms with van der Waals surface area (Å²) in [6.07, 6.45) is 0.535. The number of anilines is 1. The molecule has 0 aromatic heterocycles. The van der Waals surface area contributed by atoms with Crippen LogP contribution in [0.15, 0.2) is 42.5 Å². The van der Waals surface area contributed by atoms with Gasteiger partial charge in [-0.05, 0) is 31.5 Å². The Bertz CT molecular complexity index is 730. The Morgan fingerprint density at radius 3 is 2.62 bits per heavy atom. The van der Waals surface area contributed by atoms with Crippen molar-refractivity contribution in [3.8, 4) is 11.5 Å². The topological polar surface area (TPSA) is 59.6 Å². The highest BCUT2D eigenvalue weighted by Crippen LogP contribution is 2.37. The van der Waals surface area contributed by atoms with E-state index in [2.05, 4.69) is 17.6 Å². The van der Waals surface area contributed by atoms with Crippen LogP contribution in [0.4, 0.5) is 5.69 Å². The highest BCUT2D eigenvalue weighted by Gasteiger charge is 2.27. The van der Waals surface area contributed by atoms with Crippen molar-refractivity contribution in [1.82, 2.24) is 5.32 Å². The van der Waals surface area contributed by atoms with Crippen LogP contribution in [-0.4, -0.2) is 19.1 Å². The lowest BCUT2D eigenvalue weighted by molar-refractivity contribution is 0.0935. The fourth-order valence-electron chi connectivity index (χ4n) is 2.75. The SMILES string of the molecule is CCCOc1c(OCC)cccc1C1NC(=O)c2ccccc2N1. The van der Waals surface area contributed by atoms with Crippen LogP contribution in [0, 0.1) is 0 Å². The molecule has 1 aliphatic rings. The number of benzene rings is 2. The van der Waals surface area contributed by atoms with E-state index in [1.165, 1.54) is 0 Å². The van der Waals surface area contributed by atoms with Crippen molar-refractivity contribution in [2.45, 2.75) is 26.4 Å². The van der Waals surface area contributed by atoms with E-state index in [1.54, 1.807) is 6.07 Å². The van der Waals surface area contributed by atoms with Crippen LogP contribution in [0.2, 0.25) is 0 Å². The minimum Gasteiger partial charge on any atom is -0.490 e. The van der Waals surface area contributed by atoms with Crippen molar-refractivity contribution in [2.75, 3.05) is 18.5 Å². The van der Waals surface area contributed by atoms with Crippen LogP contribution in [0.5, 0.6) is 11.5 Å². The second kappa shape index (κ2) is 7.25. The summed E-state index contributed by atoms with van der Waals surface area (Å²) in [5, 5.41) is 6.35. The lowest BCUT2D eigenvalue weighted by atomic mass is 10.0. The molecule has 2 aromatic carbocycles. The summed E-state index contributed by atoms with van der Waals surface area (Å²) in [6.45, 7) is 5.14. The highest BCUT2D eigenvalue weighted by molar-refractivity contribution is 6.01. The van der Waals surface area contributed by atoms with Crippen molar-refractivity contribution in [3.63, 3.8) is 0 Å². The van der Waals surface area contributed by atoms with Crippen LogP contribution < -0.4 is 20.1 Å². The van der Waals surface area contributed by atoms with E-state index in [1.807, 2.05) is 43.3 Å². The Hall–Kier alpha value is -2.69. The zero-order valence-corrected chi connectivity index (χ0v) is 14.0. The number of nitrogens with one attached hydrogen (secondary N) is 2. The number of fused-ring (bicyclic) bond motifs is 1. The van der Waals surface area contributed by atoms with Gasteiger partial charge in [-0.2, -0.15) is 0 Å². The minimum absolute atomic E-state index is 0.0994. The number of rotatable bonds is 6. The van der Waals surface area contributed by atoms with Gasteiger partial charge in [0.1, 0.15) is 6.17 Å². The van der Waals surface area contributed by atoms with Gasteiger partial charge in [-0.25, -0.2) is 0 Å². The smallest absolute Gasteiger partial charge is 0.255 e. The number of hydrogen-bond acceptors (Lipinski definition) is 4. The Morgan fingerprint density at radius 1 is 1.00 bits per heavy atom. The fraction of sp³-hybridized carbons (Fsp3) is 0.316. The molecule has 1 unspecified atom stereocenters. The average Bonchev–Trinajstić information content (AvgIpc) is 2.60. The van der Waals surface area contributed by atoms with Crippen LogP contribution in [0.1, 0.15) is 42.4 Å². The first-order valence-electron chi connectivity index (χ1n) is 8.29. The van der Waals surface area contributed by atoms with E-state index in [0.29, 0.717) is 30.3 Å². The molecule has 0 aliphatic carbocycles. The van der Waals surface area contributed by atoms with Gasteiger partial charge < -0.3 is 20.1 Å². The summed E-state index contributed by atoms with van der Waals surface area (Å²) in [5.41, 5.74) is 2.32. The van der Waals surface area contributed by atoms with Gasteiger partial charge in [0.2, 0.25) is 0 Å². The molecule has 24 heavy (non-hydrogen) atoms. The predicted octanol–water partition coefficient (Wildman–Crippen LogP) is 3.73. The van der Waals surface area contributed by atoms with Gasteiger partial charge in [-0.1, -0.05) is 31.2 Å². The fourth-order valence-corrected chi connectivity index (χ4v) is 2.75. The Balaban J connectivity index is 1.97. The molecule has 0 radical (unpaired) electrons. The maximum absolute atomic E-state index is 12.4. The Labute approximate surface area is 142 Å². The maximum atomic E-state index is 12.4. The molecule has 0 fully saturated rings. The van der Waals surface area contributed by atoms with Gasteiger partial charge in [0.15, 0.2) is 11.5 Å². The molecule has 5 nitrogen and oxygen atoms in total. The Kier molecular flexibility index (Phi) is 4.89. The molecule has 1 amide bonds. The molecule has 1 heterocycles. The van der Waals surface area contributed by atoms with Gasteiger partial charge in [0.05, 0.1) is 18.8 Å². The number of carbonyl (C=O) groups is 1. The molecule has 5 heteroatoms. The molecule has 126 valence electrons. The predicted molar refractivity (Wildman–Crippen MR) is 93.7 cm³/mol. The van der Waals surface area contributed by atoms with Crippen LogP contribution >= 0.6 is 0 Å². The van der Waals surface area contributed by atoms with Crippen LogP contribution in [0.3, 0.4) is 0 Å². The van der Waals surface area contributed by atoms with Crippen molar-refractivity contribution in [3.05, 3.63) is 53.6 Å². The average molecular weight is 326 g/mol. The van der Waals surface area contributed by atoms with Gasteiger partial charge in [-0.15, -0.1) is 0 Å². The first kappa shape index (κ1) is 16.2. The first-order valence-corrected chi connectivity index (χ1v) is 8.29. The summed E-state index contributed by atoms with van der Waals surface area (Å²) in [4.78, 5) is 12.4. The van der Waals surface area contributed by atoms with E-state index in [0.717, 1.165) is 17.7 Å². The second-order valence-corrected chi connectivity index (χ2v) is 5.55. The third-order valence-electron chi connectivity index (χ3n) is 3.82. The van der Waals surface area contributed by atoms with Crippen molar-refractivity contribution in [1.29, 1.82) is 0 Å². The molecule has 0 saturated heterocycles. The number of ether oxygens (including phenoxy) is 2. The van der Waals surface area contributed by atoms with E-state index in [4.69, 9.17) is 9.47 Å². The summed E-state index contributed by atoms with van der Waals surface area (Å²) >= 11 is 0. The first-order chi connectivity index (χ1) is 11.7. The molecule has 0 saturated carbocycles. The van der Waals surface area contributed by atoms with Gasteiger partial charge in [-0.3, -0.25) is 4.79 Å². The van der Waals surface area contributed by atoms with E-state index in [-0.39, 0.29) is 12.1 Å². The highest BCUT2D eigenvalue weighted by atomic mass is 16.5. The van der Waals surface area contributed by atoms with Crippen molar-refractivity contribution < 1.29 is 14.3 Å². The lowest BCUT2D eigenvalue weighted by Gasteiger charge is -2.29. The molecule has 2 N–H and O–H groups in total. The molecule has 2 aromatic rings. The number of para-hydroxylation sites is 2. The van der Waals surface area contributed by atoms with E-state index in [9.17, 15) is 4.79 Å². The zero-order valence-electron chi connectivity index (χ0n) is 14.0. The molecule has 0 bridgehead atoms. The van der Waals surface area contributed by atoms with Crippen molar-refractivity contribution in [2.24, 2.45) is 0 Å². The summed E-state index contributed by atoms with van der Waals surface area (Å²) in [5.74, 6) is 1.27. The molecule has 1 aliphatic heterocycles. The molecule has 1 atom stereocenters. The zero-order chi connectivity index (χ0) is 16.9. The molecule has 3 rings (SSSR count). The number of hydrogen-bond donors (Lipinski definition) is 2. The van der Waals surface area contributed by atoms with Gasteiger partial charge in [0, 0.05) is 11.3 Å². The van der Waals surface area contributed by atoms with E-state index < -0.39 is 0 Å². The monoisotopic (exact) mass is 326 g/mol. The Morgan fingerprint density at radius 2 is 1.83 bits per heavy atom. The largest absolute Gasteiger partial charge is 0.490 e. The third kappa shape index (κ3) is 3.15. The van der Waals surface area contributed by atoms with Gasteiger partial charge >= 0.3 is 0 Å². The molecular formula is C19H22N2O3. The van der Waals surface area contributed by atoms with Crippen LogP contribution in [-0.2, 0) is 0 Å². The summed E-state index contributed by atoms with van der Waals surface area (Å²) < 4.78 is 11.6. The minimum atomic E-state index is -0.361. The van der Waals surface area contributed by atoms with Crippen molar-refractivity contribution >= 4 is 11.6 Å². The second-order valence-electron chi connectivity index (χ2n) is 5.55. The summed E-state index contributed by atoms with van der Waals surface area (Å²) in [7, 11) is 0. The lowest BCUT2D eigenvalue weighted by Crippen LogP contribution is -2.38. The number of amides is 1. The van der Waals surface area contributed by atoms with E-state index >= 15 is 0 Å². The maximum Gasteiger partial charge on any atom is 0.255 e. The molecular weight excluding hydrogens is 304 g/mol. The van der Waals surface area contributed by atoms with Gasteiger partial charge in [0.25, 0.3) is 5.91 Å². The number of carbonyl (C=O) groups excluding carboxylic acids is 1.